The molecule has 1 fully saturated rings. The van der Waals surface area contributed by atoms with Crippen LogP contribution in [0.25, 0.3) is 0 Å². The molecule has 0 aliphatic carbocycles. The van der Waals surface area contributed by atoms with Crippen molar-refractivity contribution in [3.63, 3.8) is 0 Å². The second-order valence-electron chi connectivity index (χ2n) is 8.87. The fourth-order valence-corrected chi connectivity index (χ4v) is 4.85. The first kappa shape index (κ1) is 21.5. The average Bonchev–Trinajstić information content (AvgIpc) is 3.36. The summed E-state index contributed by atoms with van der Waals surface area (Å²) in [6.45, 7) is 3.92. The van der Waals surface area contributed by atoms with Gasteiger partial charge in [0.1, 0.15) is 11.4 Å². The average molecular weight is 443 g/mol. The number of fused-ring (bicyclic) bond motifs is 1. The smallest absolute Gasteiger partial charge is 0.258 e. The zero-order chi connectivity index (χ0) is 22.7. The van der Waals surface area contributed by atoms with E-state index in [1.165, 1.54) is 5.56 Å². The van der Waals surface area contributed by atoms with Crippen LogP contribution in [0.5, 0.6) is 5.75 Å². The highest BCUT2D eigenvalue weighted by atomic mass is 16.5. The number of nitrogens with one attached hydrogen (secondary N) is 1. The Morgan fingerprint density at radius 1 is 1.03 bits per heavy atom. The Labute approximate surface area is 195 Å². The maximum atomic E-state index is 13.7. The van der Waals surface area contributed by atoms with Crippen molar-refractivity contribution in [1.82, 2.24) is 4.90 Å². The van der Waals surface area contributed by atoms with Crippen LogP contribution in [0.4, 0.5) is 5.69 Å². The Bertz CT molecular complexity index is 1110. The molecule has 2 aliphatic rings. The Kier molecular flexibility index (Phi) is 6.05. The summed E-state index contributed by atoms with van der Waals surface area (Å²) in [5, 5.41) is 3.66. The molecule has 1 saturated heterocycles. The lowest BCUT2D eigenvalue weighted by atomic mass is 9.92. The van der Waals surface area contributed by atoms with Gasteiger partial charge in [0.25, 0.3) is 5.91 Å². The van der Waals surface area contributed by atoms with E-state index < -0.39 is 5.66 Å². The second-order valence-corrected chi connectivity index (χ2v) is 8.87. The summed E-state index contributed by atoms with van der Waals surface area (Å²) in [4.78, 5) is 15.6. The number of amides is 1. The first-order valence-corrected chi connectivity index (χ1v) is 11.7. The summed E-state index contributed by atoms with van der Waals surface area (Å²) < 4.78 is 12.2. The predicted molar refractivity (Wildman–Crippen MR) is 130 cm³/mol. The van der Waals surface area contributed by atoms with Gasteiger partial charge in [-0.05, 0) is 43.5 Å². The molecule has 2 atom stereocenters. The highest BCUT2D eigenvalue weighted by Gasteiger charge is 2.45. The monoisotopic (exact) mass is 442 g/mol. The number of ether oxygens (including phenoxy) is 2. The van der Waals surface area contributed by atoms with E-state index in [9.17, 15) is 4.79 Å². The third-order valence-electron chi connectivity index (χ3n) is 6.63. The normalized spacial score (nSPS) is 22.0. The van der Waals surface area contributed by atoms with E-state index in [2.05, 4.69) is 30.4 Å². The quantitative estimate of drug-likeness (QED) is 0.545. The number of carbonyl (C=O) groups excluding carboxylic acids is 1. The third-order valence-corrected chi connectivity index (χ3v) is 6.63. The van der Waals surface area contributed by atoms with E-state index in [0.29, 0.717) is 18.7 Å². The number of rotatable bonds is 7. The Morgan fingerprint density at radius 3 is 2.61 bits per heavy atom. The molecular formula is C28H30N2O3. The van der Waals surface area contributed by atoms with E-state index in [1.54, 1.807) is 0 Å². The summed E-state index contributed by atoms with van der Waals surface area (Å²) in [5.41, 5.74) is 2.95. The van der Waals surface area contributed by atoms with E-state index >= 15 is 0 Å². The van der Waals surface area contributed by atoms with Crippen LogP contribution < -0.4 is 10.1 Å². The van der Waals surface area contributed by atoms with Gasteiger partial charge in [0.15, 0.2) is 0 Å². The minimum Gasteiger partial charge on any atom is -0.493 e. The summed E-state index contributed by atoms with van der Waals surface area (Å²) in [5.74, 6) is 0.800. The van der Waals surface area contributed by atoms with Crippen LogP contribution in [0.3, 0.4) is 0 Å². The molecule has 2 heterocycles. The van der Waals surface area contributed by atoms with Gasteiger partial charge in [-0.1, -0.05) is 60.7 Å². The van der Waals surface area contributed by atoms with E-state index in [4.69, 9.17) is 9.47 Å². The maximum Gasteiger partial charge on any atom is 0.258 e. The van der Waals surface area contributed by atoms with E-state index in [1.807, 2.05) is 65.6 Å². The van der Waals surface area contributed by atoms with Crippen LogP contribution in [0.1, 0.15) is 41.3 Å². The summed E-state index contributed by atoms with van der Waals surface area (Å²) in [7, 11) is 0. The van der Waals surface area contributed by atoms with Crippen molar-refractivity contribution < 1.29 is 14.3 Å². The van der Waals surface area contributed by atoms with Gasteiger partial charge in [0, 0.05) is 30.8 Å². The Hall–Kier alpha value is -3.31. The molecule has 2 aliphatic heterocycles. The summed E-state index contributed by atoms with van der Waals surface area (Å²) in [6.07, 6.45) is 2.87. The maximum absolute atomic E-state index is 13.7. The molecule has 5 nitrogen and oxygen atoms in total. The van der Waals surface area contributed by atoms with Crippen molar-refractivity contribution >= 4 is 11.6 Å². The Morgan fingerprint density at radius 2 is 1.79 bits per heavy atom. The number of hydrogen-bond acceptors (Lipinski definition) is 4. The van der Waals surface area contributed by atoms with Gasteiger partial charge in [0.2, 0.25) is 0 Å². The molecule has 5 heteroatoms. The fourth-order valence-electron chi connectivity index (χ4n) is 4.85. The molecule has 3 aromatic rings. The molecule has 1 N–H and O–H groups in total. The molecule has 33 heavy (non-hydrogen) atoms. The number of hydrogen-bond donors (Lipinski definition) is 1. The zero-order valence-corrected chi connectivity index (χ0v) is 19.0. The van der Waals surface area contributed by atoms with Gasteiger partial charge in [-0.15, -0.1) is 0 Å². The molecule has 2 unspecified atom stereocenters. The van der Waals surface area contributed by atoms with Crippen molar-refractivity contribution in [1.29, 1.82) is 0 Å². The van der Waals surface area contributed by atoms with Gasteiger partial charge in [-0.3, -0.25) is 4.79 Å². The molecule has 0 bridgehead atoms. The summed E-state index contributed by atoms with van der Waals surface area (Å²) in [6, 6.07) is 26.1. The molecule has 0 spiro atoms. The fraction of sp³-hybridized carbons (Fsp3) is 0.321. The molecule has 0 aromatic heterocycles. The lowest BCUT2D eigenvalue weighted by molar-refractivity contribution is 0.0236. The third kappa shape index (κ3) is 4.33. The highest BCUT2D eigenvalue weighted by molar-refractivity contribution is 6.02. The number of para-hydroxylation sites is 2. The topological polar surface area (TPSA) is 50.8 Å². The first-order chi connectivity index (χ1) is 16.1. The van der Waals surface area contributed by atoms with Gasteiger partial charge < -0.3 is 19.7 Å². The largest absolute Gasteiger partial charge is 0.493 e. The molecule has 170 valence electrons. The van der Waals surface area contributed by atoms with Crippen LogP contribution in [-0.4, -0.2) is 36.7 Å². The van der Waals surface area contributed by atoms with Gasteiger partial charge in [-0.2, -0.15) is 0 Å². The molecule has 1 amide bonds. The van der Waals surface area contributed by atoms with Crippen molar-refractivity contribution in [3.8, 4) is 5.75 Å². The lowest BCUT2D eigenvalue weighted by Gasteiger charge is -2.47. The molecule has 3 aromatic carbocycles. The Balaban J connectivity index is 1.47. The number of nitrogens with zero attached hydrogens (tertiary/aromatic N) is 1. The minimum atomic E-state index is -0.763. The number of benzene rings is 3. The molecule has 5 rings (SSSR count). The molecule has 0 saturated carbocycles. The molecule has 0 radical (unpaired) electrons. The summed E-state index contributed by atoms with van der Waals surface area (Å²) >= 11 is 0. The van der Waals surface area contributed by atoms with E-state index in [0.717, 1.165) is 42.9 Å². The van der Waals surface area contributed by atoms with E-state index in [-0.39, 0.29) is 12.0 Å². The van der Waals surface area contributed by atoms with Gasteiger partial charge in [0.05, 0.1) is 18.3 Å². The van der Waals surface area contributed by atoms with Crippen LogP contribution in [0.15, 0.2) is 78.9 Å². The van der Waals surface area contributed by atoms with Crippen molar-refractivity contribution in [2.75, 3.05) is 25.1 Å². The first-order valence-electron chi connectivity index (χ1n) is 11.7. The highest BCUT2D eigenvalue weighted by Crippen LogP contribution is 2.41. The standard InChI is InChI=1S/C28H30N2O3/c1-28(24-14-6-8-16-26(24)33-19-17-21-10-3-2-4-11-21)29-25-15-7-5-13-23(25)27(31)30(28)20-22-12-9-18-32-22/h2-8,10-11,13-16,22,29H,9,12,17-20H2,1H3. The zero-order valence-electron chi connectivity index (χ0n) is 19.0. The van der Waals surface area contributed by atoms with Crippen molar-refractivity contribution in [2.24, 2.45) is 0 Å². The minimum absolute atomic E-state index is 0.0152. The van der Waals surface area contributed by atoms with Crippen LogP contribution in [0.2, 0.25) is 0 Å². The predicted octanol–water partition coefficient (Wildman–Crippen LogP) is 5.23. The van der Waals surface area contributed by atoms with Crippen molar-refractivity contribution in [3.05, 3.63) is 95.6 Å². The lowest BCUT2D eigenvalue weighted by Crippen LogP contribution is -2.57. The van der Waals surface area contributed by atoms with Crippen LogP contribution >= 0.6 is 0 Å². The van der Waals surface area contributed by atoms with Crippen LogP contribution in [0, 0.1) is 0 Å². The second kappa shape index (κ2) is 9.28. The van der Waals surface area contributed by atoms with Gasteiger partial charge >= 0.3 is 0 Å². The van der Waals surface area contributed by atoms with Crippen LogP contribution in [-0.2, 0) is 16.8 Å². The van der Waals surface area contributed by atoms with Crippen molar-refractivity contribution in [2.45, 2.75) is 38.0 Å². The van der Waals surface area contributed by atoms with Gasteiger partial charge in [-0.25, -0.2) is 0 Å². The molecular weight excluding hydrogens is 412 g/mol. The SMILES string of the molecule is CC1(c2ccccc2OCCc2ccccc2)Nc2ccccc2C(=O)N1CC1CCCO1. The number of carbonyl (C=O) groups is 1. The number of anilines is 1.